The molecule has 1 fully saturated rings. The summed E-state index contributed by atoms with van der Waals surface area (Å²) in [7, 11) is -4.10. The van der Waals surface area contributed by atoms with Gasteiger partial charge in [-0.25, -0.2) is 13.2 Å². The summed E-state index contributed by atoms with van der Waals surface area (Å²) in [6.07, 6.45) is -0.0226. The summed E-state index contributed by atoms with van der Waals surface area (Å²) in [4.78, 5) is 43.1. The third-order valence-electron chi connectivity index (χ3n) is 8.39. The van der Waals surface area contributed by atoms with Crippen molar-refractivity contribution in [2.45, 2.75) is 63.7 Å². The molecule has 1 heterocycles. The average molecular weight is 707 g/mol. The Bertz CT molecular complexity index is 1770. The van der Waals surface area contributed by atoms with Gasteiger partial charge in [0, 0.05) is 18.8 Å². The molecule has 0 radical (unpaired) electrons. The van der Waals surface area contributed by atoms with Crippen molar-refractivity contribution in [3.05, 3.63) is 95.6 Å². The molecular weight excluding hydrogens is 660 g/mol. The molecule has 3 aromatic rings. The number of benzene rings is 3. The fourth-order valence-electron chi connectivity index (χ4n) is 5.99. The average Bonchev–Trinajstić information content (AvgIpc) is 3.32. The molecule has 0 bridgehead atoms. The van der Waals surface area contributed by atoms with Gasteiger partial charge in [0.25, 0.3) is 5.91 Å². The van der Waals surface area contributed by atoms with Gasteiger partial charge in [-0.3, -0.25) is 14.5 Å². The van der Waals surface area contributed by atoms with Crippen LogP contribution in [0.2, 0.25) is 0 Å². The molecular formula is C36H46N6O7S. The number of hydrogen-bond donors (Lipinski definition) is 4. The molecule has 3 aromatic carbocycles. The number of anilines is 1. The number of nitrogens with one attached hydrogen (secondary N) is 1. The van der Waals surface area contributed by atoms with Crippen LogP contribution in [-0.4, -0.2) is 94.7 Å². The zero-order valence-electron chi connectivity index (χ0n) is 28.7. The molecule has 14 heteroatoms. The summed E-state index contributed by atoms with van der Waals surface area (Å²) < 4.78 is 28.9. The summed E-state index contributed by atoms with van der Waals surface area (Å²) in [5, 5.41) is 26.4. The number of oxime groups is 1. The molecule has 1 aliphatic rings. The lowest BCUT2D eigenvalue weighted by molar-refractivity contribution is -0.129. The van der Waals surface area contributed by atoms with Crippen molar-refractivity contribution in [2.75, 3.05) is 25.4 Å². The molecule has 1 saturated heterocycles. The maximum absolute atomic E-state index is 14.1. The van der Waals surface area contributed by atoms with Crippen LogP contribution in [0.4, 0.5) is 10.5 Å². The topological polar surface area (TPSA) is 186 Å². The number of nitrogen functional groups attached to an aromatic ring is 1. The molecule has 0 spiro atoms. The van der Waals surface area contributed by atoms with E-state index < -0.39 is 52.0 Å². The van der Waals surface area contributed by atoms with E-state index in [4.69, 9.17) is 10.9 Å². The molecule has 50 heavy (non-hydrogen) atoms. The number of hydrogen-bond acceptors (Lipinski definition) is 9. The smallest absolute Gasteiger partial charge is 0.328 e. The van der Waals surface area contributed by atoms with Crippen LogP contribution < -0.4 is 11.1 Å². The van der Waals surface area contributed by atoms with Crippen molar-refractivity contribution in [2.24, 2.45) is 17.0 Å². The molecule has 3 atom stereocenters. The van der Waals surface area contributed by atoms with E-state index in [-0.39, 0.29) is 43.4 Å². The third-order valence-corrected chi connectivity index (χ3v) is 10.2. The number of sulfonamides is 1. The zero-order valence-corrected chi connectivity index (χ0v) is 29.5. The van der Waals surface area contributed by atoms with Gasteiger partial charge in [-0.05, 0) is 59.2 Å². The quantitative estimate of drug-likeness (QED) is 0.0575. The lowest BCUT2D eigenvalue weighted by Gasteiger charge is -2.34. The first-order valence-corrected chi connectivity index (χ1v) is 17.9. The SMILES string of the molecule is CC(C)CN(C[C@H](O)[C@H](Cc1ccccc1)NC(=O)[C@H](C(C)C)N1CC(=O)N(Cc2cccc(N)c2)C1=O)S(=O)(=O)c1ccc(C=NO)cc1. The van der Waals surface area contributed by atoms with Gasteiger partial charge in [-0.15, -0.1) is 0 Å². The monoisotopic (exact) mass is 706 g/mol. The Labute approximate surface area is 293 Å². The van der Waals surface area contributed by atoms with Crippen molar-refractivity contribution in [1.29, 1.82) is 0 Å². The Morgan fingerprint density at radius 3 is 2.24 bits per heavy atom. The lowest BCUT2D eigenvalue weighted by atomic mass is 9.97. The Morgan fingerprint density at radius 2 is 1.64 bits per heavy atom. The van der Waals surface area contributed by atoms with Crippen LogP contribution in [0.3, 0.4) is 0 Å². The highest BCUT2D eigenvalue weighted by Gasteiger charge is 2.44. The van der Waals surface area contributed by atoms with Crippen LogP contribution >= 0.6 is 0 Å². The highest BCUT2D eigenvalue weighted by molar-refractivity contribution is 7.89. The van der Waals surface area contributed by atoms with Gasteiger partial charge in [0.05, 0.1) is 29.8 Å². The summed E-state index contributed by atoms with van der Waals surface area (Å²) in [5.74, 6) is -1.54. The first-order valence-electron chi connectivity index (χ1n) is 16.5. The first kappa shape index (κ1) is 38.0. The normalized spacial score (nSPS) is 15.8. The number of aliphatic hydroxyl groups excluding tert-OH is 1. The maximum Gasteiger partial charge on any atom is 0.328 e. The second kappa shape index (κ2) is 16.7. The largest absolute Gasteiger partial charge is 0.411 e. The molecule has 0 saturated carbocycles. The van der Waals surface area contributed by atoms with E-state index >= 15 is 0 Å². The number of rotatable bonds is 16. The zero-order chi connectivity index (χ0) is 36.6. The van der Waals surface area contributed by atoms with Gasteiger partial charge in [-0.2, -0.15) is 4.31 Å². The van der Waals surface area contributed by atoms with Gasteiger partial charge in [0.2, 0.25) is 15.9 Å². The molecule has 268 valence electrons. The van der Waals surface area contributed by atoms with E-state index in [0.29, 0.717) is 16.8 Å². The van der Waals surface area contributed by atoms with Crippen LogP contribution in [0.1, 0.15) is 44.4 Å². The van der Waals surface area contributed by atoms with Crippen LogP contribution in [0, 0.1) is 11.8 Å². The second-order valence-electron chi connectivity index (χ2n) is 13.2. The van der Waals surface area contributed by atoms with Crippen molar-refractivity contribution < 1.29 is 33.1 Å². The third kappa shape index (κ3) is 9.46. The van der Waals surface area contributed by atoms with E-state index in [1.165, 1.54) is 39.7 Å². The summed E-state index contributed by atoms with van der Waals surface area (Å²) in [6, 6.07) is 19.2. The van der Waals surface area contributed by atoms with Crippen LogP contribution in [0.15, 0.2) is 88.9 Å². The van der Waals surface area contributed by atoms with E-state index in [0.717, 1.165) is 10.5 Å². The molecule has 0 aliphatic carbocycles. The molecule has 0 unspecified atom stereocenters. The van der Waals surface area contributed by atoms with Crippen molar-refractivity contribution in [1.82, 2.24) is 19.4 Å². The van der Waals surface area contributed by atoms with Crippen LogP contribution in [0.25, 0.3) is 0 Å². The molecule has 0 aromatic heterocycles. The van der Waals surface area contributed by atoms with Gasteiger partial charge in [0.1, 0.15) is 12.6 Å². The number of urea groups is 1. The number of amides is 4. The van der Waals surface area contributed by atoms with Gasteiger partial charge in [-0.1, -0.05) is 87.4 Å². The predicted molar refractivity (Wildman–Crippen MR) is 190 cm³/mol. The van der Waals surface area contributed by atoms with Gasteiger partial charge >= 0.3 is 6.03 Å². The number of carbonyl (C=O) groups excluding carboxylic acids is 3. The van der Waals surface area contributed by atoms with Crippen molar-refractivity contribution in [3.8, 4) is 0 Å². The molecule has 4 rings (SSSR count). The standard InChI is InChI=1S/C36H46N6O7S/c1-24(2)20-40(50(48,49)30-15-13-27(14-16-30)19-38-47)22-32(43)31(18-26-9-6-5-7-10-26)39-35(45)34(25(3)4)42-23-33(44)41(36(42)46)21-28-11-8-12-29(37)17-28/h5-17,19,24-25,31-32,34,43,47H,18,20-23,37H2,1-4H3,(H,39,45)/t31-,32-,34-/m0/s1. The summed E-state index contributed by atoms with van der Waals surface area (Å²) >= 11 is 0. The molecule has 1 aliphatic heterocycles. The Kier molecular flexibility index (Phi) is 12.7. The number of imide groups is 1. The van der Waals surface area contributed by atoms with Crippen LogP contribution in [-0.2, 0) is 32.6 Å². The van der Waals surface area contributed by atoms with Gasteiger partial charge in [0.15, 0.2) is 0 Å². The van der Waals surface area contributed by atoms with E-state index in [2.05, 4.69) is 10.5 Å². The molecule has 13 nitrogen and oxygen atoms in total. The maximum atomic E-state index is 14.1. The number of aliphatic hydroxyl groups is 1. The Balaban J connectivity index is 1.59. The molecule has 5 N–H and O–H groups in total. The highest BCUT2D eigenvalue weighted by Crippen LogP contribution is 2.24. The minimum absolute atomic E-state index is 0.00109. The fourth-order valence-corrected chi connectivity index (χ4v) is 7.61. The number of nitrogens with zero attached hydrogens (tertiary/aromatic N) is 4. The van der Waals surface area contributed by atoms with E-state index in [9.17, 15) is 27.9 Å². The summed E-state index contributed by atoms with van der Waals surface area (Å²) in [6.45, 7) is 6.70. The van der Waals surface area contributed by atoms with Crippen LogP contribution in [0.5, 0.6) is 0 Å². The molecule has 4 amide bonds. The minimum atomic E-state index is -4.10. The van der Waals surface area contributed by atoms with E-state index in [1.807, 2.05) is 44.2 Å². The minimum Gasteiger partial charge on any atom is -0.411 e. The Hall–Kier alpha value is -4.79. The second-order valence-corrected chi connectivity index (χ2v) is 15.2. The summed E-state index contributed by atoms with van der Waals surface area (Å²) in [5.41, 5.74) is 8.33. The van der Waals surface area contributed by atoms with Gasteiger partial charge < -0.3 is 26.3 Å². The fraction of sp³-hybridized carbons (Fsp3) is 0.389. The van der Waals surface area contributed by atoms with Crippen molar-refractivity contribution >= 4 is 39.8 Å². The first-order chi connectivity index (χ1) is 23.7. The predicted octanol–water partition coefficient (Wildman–Crippen LogP) is 3.30. The lowest BCUT2D eigenvalue weighted by Crippen LogP contribution is -2.57. The van der Waals surface area contributed by atoms with E-state index in [1.54, 1.807) is 38.1 Å². The highest BCUT2D eigenvalue weighted by atomic mass is 32.2. The number of nitrogens with two attached hydrogens (primary N) is 1. The Morgan fingerprint density at radius 1 is 0.980 bits per heavy atom. The number of carbonyl (C=O) groups is 3. The van der Waals surface area contributed by atoms with Crippen molar-refractivity contribution in [3.63, 3.8) is 0 Å².